The van der Waals surface area contributed by atoms with Gasteiger partial charge in [0, 0.05) is 10.3 Å². The molecule has 0 aliphatic heterocycles. The second-order valence-electron chi connectivity index (χ2n) is 4.44. The largest absolute Gasteiger partial charge is 0.254 e. The lowest BCUT2D eigenvalue weighted by Gasteiger charge is -2.04. The summed E-state index contributed by atoms with van der Waals surface area (Å²) < 4.78 is 25.3. The van der Waals surface area contributed by atoms with Gasteiger partial charge in [-0.15, -0.1) is 0 Å². The van der Waals surface area contributed by atoms with Crippen LogP contribution in [-0.2, 0) is 16.6 Å². The van der Waals surface area contributed by atoms with E-state index in [-0.39, 0.29) is 11.6 Å². The zero-order valence-electron chi connectivity index (χ0n) is 10.6. The predicted octanol–water partition coefficient (Wildman–Crippen LogP) is 3.68. The molecule has 0 N–H and O–H groups in total. The average Bonchev–Trinajstić information content (AvgIpc) is 2.47. The van der Waals surface area contributed by atoms with Gasteiger partial charge in [0.15, 0.2) is 0 Å². The Hall–Kier alpha value is -2.07. The van der Waals surface area contributed by atoms with Crippen molar-refractivity contribution in [1.82, 2.24) is 4.98 Å². The van der Waals surface area contributed by atoms with Gasteiger partial charge in [-0.25, -0.2) is 4.39 Å². The molecule has 4 heteroatoms. The molecule has 0 saturated carbocycles. The average molecular weight is 285 g/mol. The Morgan fingerprint density at radius 3 is 2.70 bits per heavy atom. The van der Waals surface area contributed by atoms with E-state index in [4.69, 9.17) is 0 Å². The fourth-order valence-electron chi connectivity index (χ4n) is 2.01. The van der Waals surface area contributed by atoms with Crippen LogP contribution in [0.1, 0.15) is 5.69 Å². The van der Waals surface area contributed by atoms with Crippen LogP contribution < -0.4 is 0 Å². The Bertz CT molecular complexity index is 788. The number of aromatic nitrogens is 1. The molecule has 1 atom stereocenters. The number of fused-ring (bicyclic) bond motifs is 1. The molecule has 2 aromatic carbocycles. The van der Waals surface area contributed by atoms with Crippen LogP contribution in [0.2, 0.25) is 0 Å². The molecular weight excluding hydrogens is 273 g/mol. The van der Waals surface area contributed by atoms with E-state index in [0.29, 0.717) is 4.90 Å². The lowest BCUT2D eigenvalue weighted by molar-refractivity contribution is 0.622. The maximum absolute atomic E-state index is 13.1. The first-order valence-electron chi connectivity index (χ1n) is 6.21. The Balaban J connectivity index is 1.87. The predicted molar refractivity (Wildman–Crippen MR) is 78.3 cm³/mol. The Morgan fingerprint density at radius 2 is 1.85 bits per heavy atom. The summed E-state index contributed by atoms with van der Waals surface area (Å²) >= 11 is 0. The molecule has 0 aliphatic rings. The van der Waals surface area contributed by atoms with Crippen molar-refractivity contribution >= 4 is 21.7 Å². The highest BCUT2D eigenvalue weighted by Crippen LogP contribution is 2.16. The number of hydrogen-bond donors (Lipinski definition) is 0. The fourth-order valence-corrected chi connectivity index (χ4v) is 3.09. The van der Waals surface area contributed by atoms with Crippen molar-refractivity contribution in [1.29, 1.82) is 0 Å². The summed E-state index contributed by atoms with van der Waals surface area (Å²) in [5.41, 5.74) is 1.62. The van der Waals surface area contributed by atoms with Crippen molar-refractivity contribution < 1.29 is 8.60 Å². The minimum absolute atomic E-state index is 0.286. The third kappa shape index (κ3) is 2.75. The van der Waals surface area contributed by atoms with E-state index in [9.17, 15) is 8.60 Å². The van der Waals surface area contributed by atoms with Gasteiger partial charge >= 0.3 is 0 Å². The van der Waals surface area contributed by atoms with Crippen molar-refractivity contribution in [3.8, 4) is 0 Å². The third-order valence-corrected chi connectivity index (χ3v) is 4.33. The topological polar surface area (TPSA) is 30.0 Å². The fraction of sp³-hybridized carbons (Fsp3) is 0.0625. The molecule has 100 valence electrons. The van der Waals surface area contributed by atoms with Crippen molar-refractivity contribution in [2.24, 2.45) is 0 Å². The lowest BCUT2D eigenvalue weighted by atomic mass is 10.2. The summed E-state index contributed by atoms with van der Waals surface area (Å²) in [7, 11) is -1.29. The van der Waals surface area contributed by atoms with Gasteiger partial charge in [0.2, 0.25) is 0 Å². The van der Waals surface area contributed by atoms with Gasteiger partial charge in [0.05, 0.1) is 27.8 Å². The zero-order chi connectivity index (χ0) is 13.9. The molecule has 0 fully saturated rings. The number of para-hydroxylation sites is 1. The van der Waals surface area contributed by atoms with Gasteiger partial charge < -0.3 is 0 Å². The van der Waals surface area contributed by atoms with Crippen LogP contribution in [0.15, 0.2) is 65.6 Å². The number of benzene rings is 2. The third-order valence-electron chi connectivity index (χ3n) is 2.99. The molecule has 1 aromatic heterocycles. The minimum atomic E-state index is -1.29. The molecule has 3 rings (SSSR count). The van der Waals surface area contributed by atoms with E-state index in [1.165, 1.54) is 12.1 Å². The smallest absolute Gasteiger partial charge is 0.124 e. The summed E-state index contributed by atoms with van der Waals surface area (Å²) in [6.45, 7) is 0. The molecular formula is C16H12FNOS. The van der Waals surface area contributed by atoms with E-state index >= 15 is 0 Å². The van der Waals surface area contributed by atoms with Crippen molar-refractivity contribution in [2.75, 3.05) is 0 Å². The van der Waals surface area contributed by atoms with Crippen LogP contribution in [-0.4, -0.2) is 9.19 Å². The SMILES string of the molecule is O=S(Cc1ccc2ccccc2n1)c1cccc(F)c1. The number of rotatable bonds is 3. The van der Waals surface area contributed by atoms with E-state index < -0.39 is 10.8 Å². The number of pyridine rings is 1. The molecule has 0 radical (unpaired) electrons. The van der Waals surface area contributed by atoms with Gasteiger partial charge in [-0.3, -0.25) is 9.19 Å². The van der Waals surface area contributed by atoms with Crippen LogP contribution in [0.4, 0.5) is 4.39 Å². The van der Waals surface area contributed by atoms with Gasteiger partial charge in [-0.05, 0) is 30.3 Å². The standard InChI is InChI=1S/C16H12FNOS/c17-13-5-3-6-15(10-13)20(19)11-14-9-8-12-4-1-2-7-16(12)18-14/h1-10H,11H2. The highest BCUT2D eigenvalue weighted by Gasteiger charge is 2.07. The number of halogens is 1. The Labute approximate surface area is 118 Å². The van der Waals surface area contributed by atoms with Crippen molar-refractivity contribution in [3.63, 3.8) is 0 Å². The van der Waals surface area contributed by atoms with E-state index in [2.05, 4.69) is 4.98 Å². The number of nitrogens with zero attached hydrogens (tertiary/aromatic N) is 1. The Morgan fingerprint density at radius 1 is 1.00 bits per heavy atom. The summed E-state index contributed by atoms with van der Waals surface area (Å²) in [4.78, 5) is 4.96. The Kier molecular flexibility index (Phi) is 3.56. The molecule has 0 amide bonds. The summed E-state index contributed by atoms with van der Waals surface area (Å²) in [5.74, 6) is -0.0869. The van der Waals surface area contributed by atoms with Gasteiger partial charge in [0.25, 0.3) is 0 Å². The maximum Gasteiger partial charge on any atom is 0.124 e. The number of hydrogen-bond acceptors (Lipinski definition) is 2. The highest BCUT2D eigenvalue weighted by molar-refractivity contribution is 7.84. The van der Waals surface area contributed by atoms with Gasteiger partial charge in [0.1, 0.15) is 5.82 Å². The first kappa shape index (κ1) is 12.9. The highest BCUT2D eigenvalue weighted by atomic mass is 32.2. The second kappa shape index (κ2) is 5.51. The molecule has 2 nitrogen and oxygen atoms in total. The molecule has 3 aromatic rings. The zero-order valence-corrected chi connectivity index (χ0v) is 11.4. The summed E-state index contributed by atoms with van der Waals surface area (Å²) in [5, 5.41) is 1.05. The first-order chi connectivity index (χ1) is 9.72. The molecule has 20 heavy (non-hydrogen) atoms. The molecule has 0 saturated heterocycles. The van der Waals surface area contributed by atoms with E-state index in [0.717, 1.165) is 16.6 Å². The normalized spacial score (nSPS) is 12.4. The second-order valence-corrected chi connectivity index (χ2v) is 5.89. The first-order valence-corrected chi connectivity index (χ1v) is 7.53. The maximum atomic E-state index is 13.1. The van der Waals surface area contributed by atoms with Crippen LogP contribution in [0.3, 0.4) is 0 Å². The van der Waals surface area contributed by atoms with E-state index in [1.807, 2.05) is 36.4 Å². The van der Waals surface area contributed by atoms with Crippen LogP contribution >= 0.6 is 0 Å². The van der Waals surface area contributed by atoms with Crippen LogP contribution in [0.5, 0.6) is 0 Å². The summed E-state index contributed by atoms with van der Waals surface area (Å²) in [6.07, 6.45) is 0. The van der Waals surface area contributed by atoms with Gasteiger partial charge in [-0.1, -0.05) is 30.3 Å². The molecule has 0 bridgehead atoms. The van der Waals surface area contributed by atoms with Crippen LogP contribution in [0.25, 0.3) is 10.9 Å². The van der Waals surface area contributed by atoms with Crippen molar-refractivity contribution in [2.45, 2.75) is 10.6 Å². The van der Waals surface area contributed by atoms with Crippen molar-refractivity contribution in [3.05, 3.63) is 72.2 Å². The molecule has 0 aliphatic carbocycles. The quantitative estimate of drug-likeness (QED) is 0.734. The molecule has 0 spiro atoms. The van der Waals surface area contributed by atoms with Gasteiger partial charge in [-0.2, -0.15) is 0 Å². The molecule has 1 heterocycles. The van der Waals surface area contributed by atoms with E-state index in [1.54, 1.807) is 12.1 Å². The monoisotopic (exact) mass is 285 g/mol. The summed E-state index contributed by atoms with van der Waals surface area (Å²) in [6, 6.07) is 17.5. The van der Waals surface area contributed by atoms with Crippen LogP contribution in [0, 0.1) is 5.82 Å². The molecule has 1 unspecified atom stereocenters. The lowest BCUT2D eigenvalue weighted by Crippen LogP contribution is -1.99. The minimum Gasteiger partial charge on any atom is -0.254 e.